The van der Waals surface area contributed by atoms with Gasteiger partial charge in [-0.05, 0) is 63.0 Å². The Bertz CT molecular complexity index is 530. The van der Waals surface area contributed by atoms with Crippen LogP contribution in [0.5, 0.6) is 0 Å². The zero-order valence-corrected chi connectivity index (χ0v) is 14.9. The second-order valence-electron chi connectivity index (χ2n) is 6.40. The Kier molecular flexibility index (Phi) is 7.25. The maximum absolute atomic E-state index is 12.3. The van der Waals surface area contributed by atoms with Crippen molar-refractivity contribution in [3.8, 4) is 0 Å². The minimum Gasteiger partial charge on any atom is -0.339 e. The number of nitrogens with zero attached hydrogens (tertiary/aromatic N) is 2. The molecule has 2 amide bonds. The van der Waals surface area contributed by atoms with E-state index < -0.39 is 0 Å². The Balaban J connectivity index is 1.88. The zero-order chi connectivity index (χ0) is 17.4. The molecule has 0 saturated carbocycles. The average molecular weight is 331 g/mol. The smallest absolute Gasteiger partial charge is 0.253 e. The van der Waals surface area contributed by atoms with Gasteiger partial charge in [0.15, 0.2) is 0 Å². The van der Waals surface area contributed by atoms with Crippen molar-refractivity contribution in [2.24, 2.45) is 0 Å². The van der Waals surface area contributed by atoms with Gasteiger partial charge in [0.25, 0.3) is 5.91 Å². The van der Waals surface area contributed by atoms with Gasteiger partial charge in [-0.25, -0.2) is 0 Å². The maximum Gasteiger partial charge on any atom is 0.253 e. The second kappa shape index (κ2) is 9.42. The van der Waals surface area contributed by atoms with Crippen molar-refractivity contribution in [3.63, 3.8) is 0 Å². The highest BCUT2D eigenvalue weighted by molar-refractivity contribution is 5.96. The molecular formula is C19H29N3O2. The van der Waals surface area contributed by atoms with E-state index in [-0.39, 0.29) is 11.8 Å². The van der Waals surface area contributed by atoms with Crippen molar-refractivity contribution in [1.29, 1.82) is 0 Å². The lowest BCUT2D eigenvalue weighted by atomic mass is 10.2. The topological polar surface area (TPSA) is 52.7 Å². The summed E-state index contributed by atoms with van der Waals surface area (Å²) in [5, 5.41) is 2.92. The Hall–Kier alpha value is -1.88. The first kappa shape index (κ1) is 18.5. The first-order valence-electron chi connectivity index (χ1n) is 9.05. The molecule has 0 atom stereocenters. The highest BCUT2D eigenvalue weighted by atomic mass is 16.2. The molecular weight excluding hydrogens is 302 g/mol. The van der Waals surface area contributed by atoms with Crippen molar-refractivity contribution >= 4 is 17.5 Å². The molecule has 0 unspecified atom stereocenters. The van der Waals surface area contributed by atoms with Crippen molar-refractivity contribution < 1.29 is 9.59 Å². The monoisotopic (exact) mass is 331 g/mol. The zero-order valence-electron chi connectivity index (χ0n) is 14.9. The van der Waals surface area contributed by atoms with E-state index in [9.17, 15) is 9.59 Å². The minimum absolute atomic E-state index is 0.00415. The number of anilines is 1. The van der Waals surface area contributed by atoms with Crippen LogP contribution in [0.15, 0.2) is 24.3 Å². The van der Waals surface area contributed by atoms with Gasteiger partial charge in [-0.2, -0.15) is 0 Å². The molecule has 1 aromatic carbocycles. The van der Waals surface area contributed by atoms with E-state index in [0.29, 0.717) is 12.1 Å². The molecule has 1 aromatic rings. The lowest BCUT2D eigenvalue weighted by Crippen LogP contribution is -2.34. The van der Waals surface area contributed by atoms with E-state index in [2.05, 4.69) is 24.1 Å². The molecule has 1 fully saturated rings. The van der Waals surface area contributed by atoms with Gasteiger partial charge < -0.3 is 10.2 Å². The van der Waals surface area contributed by atoms with Crippen LogP contribution in [-0.2, 0) is 4.79 Å². The minimum atomic E-state index is -0.00415. The first-order chi connectivity index (χ1) is 11.6. The second-order valence-corrected chi connectivity index (χ2v) is 6.40. The summed E-state index contributed by atoms with van der Waals surface area (Å²) in [6.07, 6.45) is 4.26. The Morgan fingerprint density at radius 2 is 1.62 bits per heavy atom. The van der Waals surface area contributed by atoms with E-state index in [4.69, 9.17) is 0 Å². The van der Waals surface area contributed by atoms with Crippen molar-refractivity contribution in [1.82, 2.24) is 9.80 Å². The average Bonchev–Trinajstić information content (AvgIpc) is 3.10. The number of hydrogen-bond donors (Lipinski definition) is 1. The van der Waals surface area contributed by atoms with Gasteiger partial charge in [-0.15, -0.1) is 0 Å². The standard InChI is InChI=1S/C19H29N3O2/c1-3-11-21(12-4-2)15-18(23)20-17-9-7-16(8-10-17)19(24)22-13-5-6-14-22/h7-10H,3-6,11-15H2,1-2H3,(H,20,23). The van der Waals surface area contributed by atoms with Crippen LogP contribution in [0.25, 0.3) is 0 Å². The molecule has 0 radical (unpaired) electrons. The molecule has 0 bridgehead atoms. The molecule has 1 aliphatic rings. The fourth-order valence-corrected chi connectivity index (χ4v) is 3.10. The van der Waals surface area contributed by atoms with Crippen LogP contribution in [0.1, 0.15) is 49.9 Å². The molecule has 0 aliphatic carbocycles. The predicted octanol–water partition coefficient (Wildman–Crippen LogP) is 2.98. The molecule has 1 saturated heterocycles. The highest BCUT2D eigenvalue weighted by Crippen LogP contribution is 2.15. The third kappa shape index (κ3) is 5.34. The number of likely N-dealkylation sites (tertiary alicyclic amines) is 1. The largest absolute Gasteiger partial charge is 0.339 e. The van der Waals surface area contributed by atoms with E-state index >= 15 is 0 Å². The van der Waals surface area contributed by atoms with Crippen molar-refractivity contribution in [2.45, 2.75) is 39.5 Å². The third-order valence-corrected chi connectivity index (χ3v) is 4.26. The summed E-state index contributed by atoms with van der Waals surface area (Å²) >= 11 is 0. The molecule has 1 heterocycles. The summed E-state index contributed by atoms with van der Waals surface area (Å²) in [6, 6.07) is 7.22. The van der Waals surface area contributed by atoms with Crippen LogP contribution in [0.4, 0.5) is 5.69 Å². The van der Waals surface area contributed by atoms with Gasteiger partial charge in [0.2, 0.25) is 5.91 Å². The Morgan fingerprint density at radius 3 is 2.17 bits per heavy atom. The number of amides is 2. The van der Waals surface area contributed by atoms with E-state index in [1.165, 1.54) is 0 Å². The molecule has 5 nitrogen and oxygen atoms in total. The molecule has 0 aromatic heterocycles. The van der Waals surface area contributed by atoms with Crippen LogP contribution in [0, 0.1) is 0 Å². The normalized spacial score (nSPS) is 14.2. The van der Waals surface area contributed by atoms with Crippen LogP contribution in [0.2, 0.25) is 0 Å². The number of carbonyl (C=O) groups is 2. The van der Waals surface area contributed by atoms with Gasteiger partial charge >= 0.3 is 0 Å². The van der Waals surface area contributed by atoms with Gasteiger partial charge in [-0.1, -0.05) is 13.8 Å². The molecule has 0 spiro atoms. The third-order valence-electron chi connectivity index (χ3n) is 4.26. The summed E-state index contributed by atoms with van der Waals surface area (Å²) in [4.78, 5) is 28.5. The summed E-state index contributed by atoms with van der Waals surface area (Å²) < 4.78 is 0. The van der Waals surface area contributed by atoms with Crippen molar-refractivity contribution in [2.75, 3.05) is 38.0 Å². The number of benzene rings is 1. The maximum atomic E-state index is 12.3. The lowest BCUT2D eigenvalue weighted by Gasteiger charge is -2.20. The molecule has 24 heavy (non-hydrogen) atoms. The summed E-state index contributed by atoms with van der Waals surface area (Å²) in [7, 11) is 0. The Morgan fingerprint density at radius 1 is 1.04 bits per heavy atom. The summed E-state index contributed by atoms with van der Waals surface area (Å²) in [5.41, 5.74) is 1.43. The van der Waals surface area contributed by atoms with Gasteiger partial charge in [-0.3, -0.25) is 14.5 Å². The van der Waals surface area contributed by atoms with Crippen LogP contribution in [0.3, 0.4) is 0 Å². The van der Waals surface area contributed by atoms with E-state index in [1.54, 1.807) is 12.1 Å². The number of rotatable bonds is 8. The van der Waals surface area contributed by atoms with E-state index in [1.807, 2.05) is 17.0 Å². The quantitative estimate of drug-likeness (QED) is 0.797. The number of hydrogen-bond acceptors (Lipinski definition) is 3. The van der Waals surface area contributed by atoms with Crippen molar-refractivity contribution in [3.05, 3.63) is 29.8 Å². The molecule has 2 rings (SSSR count). The van der Waals surface area contributed by atoms with E-state index in [0.717, 1.165) is 57.5 Å². The highest BCUT2D eigenvalue weighted by Gasteiger charge is 2.19. The lowest BCUT2D eigenvalue weighted by molar-refractivity contribution is -0.117. The predicted molar refractivity (Wildman–Crippen MR) is 97.2 cm³/mol. The van der Waals surface area contributed by atoms with Crippen LogP contribution < -0.4 is 5.32 Å². The molecule has 1 aliphatic heterocycles. The van der Waals surface area contributed by atoms with Crippen LogP contribution in [-0.4, -0.2) is 54.3 Å². The summed E-state index contributed by atoms with van der Waals surface area (Å²) in [5.74, 6) is 0.0814. The number of carbonyl (C=O) groups excluding carboxylic acids is 2. The van der Waals surface area contributed by atoms with Gasteiger partial charge in [0, 0.05) is 24.3 Å². The SMILES string of the molecule is CCCN(CCC)CC(=O)Nc1ccc(C(=O)N2CCCC2)cc1. The van der Waals surface area contributed by atoms with Gasteiger partial charge in [0.05, 0.1) is 6.54 Å². The fourth-order valence-electron chi connectivity index (χ4n) is 3.10. The molecule has 1 N–H and O–H groups in total. The first-order valence-corrected chi connectivity index (χ1v) is 9.05. The molecule has 132 valence electrons. The molecule has 5 heteroatoms. The van der Waals surface area contributed by atoms with Crippen LogP contribution >= 0.6 is 0 Å². The summed E-state index contributed by atoms with van der Waals surface area (Å²) in [6.45, 7) is 8.22. The fraction of sp³-hybridized carbons (Fsp3) is 0.579. The number of nitrogens with one attached hydrogen (secondary N) is 1. The van der Waals surface area contributed by atoms with Gasteiger partial charge in [0.1, 0.15) is 0 Å². The Labute approximate surface area is 145 Å².